The Morgan fingerprint density at radius 3 is 3.00 bits per heavy atom. The summed E-state index contributed by atoms with van der Waals surface area (Å²) in [5, 5.41) is 3.83. The van der Waals surface area contributed by atoms with Gasteiger partial charge in [-0.25, -0.2) is 0 Å². The van der Waals surface area contributed by atoms with Gasteiger partial charge in [0.25, 0.3) is 0 Å². The minimum absolute atomic E-state index is 0.638. The Morgan fingerprint density at radius 2 is 2.26 bits per heavy atom. The van der Waals surface area contributed by atoms with Crippen molar-refractivity contribution in [1.82, 2.24) is 15.0 Å². The lowest BCUT2D eigenvalue weighted by Crippen LogP contribution is -2.60. The van der Waals surface area contributed by atoms with Crippen LogP contribution in [0, 0.1) is 5.92 Å². The summed E-state index contributed by atoms with van der Waals surface area (Å²) in [6.07, 6.45) is 5.88. The van der Waals surface area contributed by atoms with Gasteiger partial charge in [-0.2, -0.15) is 0 Å². The second kappa shape index (κ2) is 5.63. The summed E-state index contributed by atoms with van der Waals surface area (Å²) in [4.78, 5) is 5.32. The number of piperidine rings is 1. The average Bonchev–Trinajstić information content (AvgIpc) is 2.90. The Labute approximate surface area is 115 Å². The van der Waals surface area contributed by atoms with Gasteiger partial charge in [0.05, 0.1) is 12.7 Å². The molecule has 4 heteroatoms. The summed E-state index contributed by atoms with van der Waals surface area (Å²) in [6.45, 7) is 9.28. The maximum atomic E-state index is 5.30. The van der Waals surface area contributed by atoms with E-state index in [-0.39, 0.29) is 0 Å². The average molecular weight is 263 g/mol. The fourth-order valence-electron chi connectivity index (χ4n) is 3.61. The van der Waals surface area contributed by atoms with Crippen molar-refractivity contribution in [1.29, 1.82) is 0 Å². The SMILES string of the molecule is CC(C)C1CN2CCCCC2CN1Cc1ccno1. The van der Waals surface area contributed by atoms with E-state index in [4.69, 9.17) is 4.52 Å². The Morgan fingerprint density at radius 1 is 1.37 bits per heavy atom. The van der Waals surface area contributed by atoms with Crippen LogP contribution in [0.4, 0.5) is 0 Å². The van der Waals surface area contributed by atoms with E-state index in [0.29, 0.717) is 12.0 Å². The van der Waals surface area contributed by atoms with Gasteiger partial charge in [0, 0.05) is 31.2 Å². The number of nitrogens with zero attached hydrogens (tertiary/aromatic N) is 3. The smallest absolute Gasteiger partial charge is 0.150 e. The largest absolute Gasteiger partial charge is 0.360 e. The molecule has 0 aromatic carbocycles. The van der Waals surface area contributed by atoms with E-state index in [2.05, 4.69) is 28.8 Å². The highest BCUT2D eigenvalue weighted by Crippen LogP contribution is 2.28. The van der Waals surface area contributed by atoms with Crippen LogP contribution >= 0.6 is 0 Å². The van der Waals surface area contributed by atoms with Crippen molar-refractivity contribution in [3.8, 4) is 0 Å². The minimum Gasteiger partial charge on any atom is -0.360 e. The Bertz CT molecular complexity index is 390. The molecule has 4 nitrogen and oxygen atoms in total. The number of rotatable bonds is 3. The number of fused-ring (bicyclic) bond motifs is 1. The monoisotopic (exact) mass is 263 g/mol. The van der Waals surface area contributed by atoms with E-state index in [0.717, 1.165) is 18.3 Å². The minimum atomic E-state index is 0.638. The molecule has 2 aliphatic rings. The molecule has 19 heavy (non-hydrogen) atoms. The molecule has 2 aliphatic heterocycles. The third-order valence-corrected chi connectivity index (χ3v) is 4.70. The van der Waals surface area contributed by atoms with Gasteiger partial charge >= 0.3 is 0 Å². The maximum Gasteiger partial charge on any atom is 0.150 e. The van der Waals surface area contributed by atoms with Crippen molar-refractivity contribution in [2.45, 2.75) is 51.7 Å². The molecule has 106 valence electrons. The lowest BCUT2D eigenvalue weighted by molar-refractivity contribution is -0.0153. The van der Waals surface area contributed by atoms with Crippen molar-refractivity contribution in [3.05, 3.63) is 18.0 Å². The lowest BCUT2D eigenvalue weighted by Gasteiger charge is -2.49. The van der Waals surface area contributed by atoms with Crippen LogP contribution < -0.4 is 0 Å². The lowest BCUT2D eigenvalue weighted by atomic mass is 9.92. The molecule has 3 rings (SSSR count). The van der Waals surface area contributed by atoms with Gasteiger partial charge in [0.1, 0.15) is 0 Å². The highest BCUT2D eigenvalue weighted by Gasteiger charge is 2.36. The van der Waals surface area contributed by atoms with Gasteiger partial charge in [-0.3, -0.25) is 9.80 Å². The third kappa shape index (κ3) is 2.84. The molecule has 0 spiro atoms. The summed E-state index contributed by atoms with van der Waals surface area (Å²) >= 11 is 0. The zero-order chi connectivity index (χ0) is 13.2. The molecule has 3 heterocycles. The van der Waals surface area contributed by atoms with E-state index >= 15 is 0 Å². The Balaban J connectivity index is 1.72. The van der Waals surface area contributed by atoms with Crippen LogP contribution in [0.3, 0.4) is 0 Å². The first-order valence-electron chi connectivity index (χ1n) is 7.61. The third-order valence-electron chi connectivity index (χ3n) is 4.70. The first-order valence-corrected chi connectivity index (χ1v) is 7.61. The van der Waals surface area contributed by atoms with Crippen LogP contribution in [0.15, 0.2) is 16.8 Å². The van der Waals surface area contributed by atoms with Crippen molar-refractivity contribution < 1.29 is 4.52 Å². The summed E-state index contributed by atoms with van der Waals surface area (Å²) in [5.74, 6) is 1.68. The molecular formula is C15H25N3O. The maximum absolute atomic E-state index is 5.30. The summed E-state index contributed by atoms with van der Waals surface area (Å²) in [5.41, 5.74) is 0. The number of hydrogen-bond acceptors (Lipinski definition) is 4. The van der Waals surface area contributed by atoms with Crippen LogP contribution in [0.2, 0.25) is 0 Å². The zero-order valence-electron chi connectivity index (χ0n) is 12.1. The Hall–Kier alpha value is -0.870. The van der Waals surface area contributed by atoms with Crippen LogP contribution in [0.5, 0.6) is 0 Å². The van der Waals surface area contributed by atoms with E-state index in [1.807, 2.05) is 6.07 Å². The molecule has 2 unspecified atom stereocenters. The predicted octanol–water partition coefficient (Wildman–Crippen LogP) is 2.37. The number of piperazine rings is 1. The van der Waals surface area contributed by atoms with Crippen LogP contribution in [0.1, 0.15) is 38.9 Å². The first-order chi connectivity index (χ1) is 9.24. The quantitative estimate of drug-likeness (QED) is 0.838. The van der Waals surface area contributed by atoms with Crippen molar-refractivity contribution >= 4 is 0 Å². The van der Waals surface area contributed by atoms with Crippen LogP contribution in [-0.2, 0) is 6.54 Å². The fraction of sp³-hybridized carbons (Fsp3) is 0.800. The molecule has 0 radical (unpaired) electrons. The van der Waals surface area contributed by atoms with Gasteiger partial charge in [-0.1, -0.05) is 25.4 Å². The van der Waals surface area contributed by atoms with Crippen LogP contribution in [0.25, 0.3) is 0 Å². The van der Waals surface area contributed by atoms with Crippen molar-refractivity contribution in [2.24, 2.45) is 5.92 Å². The van der Waals surface area contributed by atoms with Crippen molar-refractivity contribution in [3.63, 3.8) is 0 Å². The molecule has 2 saturated heterocycles. The number of aromatic nitrogens is 1. The summed E-state index contributed by atoms with van der Waals surface area (Å²) in [6, 6.07) is 3.39. The molecular weight excluding hydrogens is 238 g/mol. The molecule has 1 aromatic heterocycles. The second-order valence-corrected chi connectivity index (χ2v) is 6.36. The van der Waals surface area contributed by atoms with Crippen molar-refractivity contribution in [2.75, 3.05) is 19.6 Å². The molecule has 0 saturated carbocycles. The molecule has 0 N–H and O–H groups in total. The van der Waals surface area contributed by atoms with E-state index in [1.54, 1.807) is 6.20 Å². The molecule has 1 aromatic rings. The zero-order valence-corrected chi connectivity index (χ0v) is 12.1. The Kier molecular flexibility index (Phi) is 3.89. The van der Waals surface area contributed by atoms with Crippen LogP contribution in [-0.4, -0.2) is 46.7 Å². The molecule has 2 atom stereocenters. The molecule has 0 bridgehead atoms. The van der Waals surface area contributed by atoms with Gasteiger partial charge < -0.3 is 4.52 Å². The van der Waals surface area contributed by atoms with E-state index < -0.39 is 0 Å². The summed E-state index contributed by atoms with van der Waals surface area (Å²) < 4.78 is 5.30. The predicted molar refractivity (Wildman–Crippen MR) is 74.8 cm³/mol. The topological polar surface area (TPSA) is 32.5 Å². The standard InChI is InChI=1S/C15H25N3O/c1-12(2)15-11-17-8-4-3-5-13(17)9-18(15)10-14-6-7-16-19-14/h6-7,12-13,15H,3-5,8-11H2,1-2H3. The van der Waals surface area contributed by atoms with Gasteiger partial charge in [0.2, 0.25) is 0 Å². The second-order valence-electron chi connectivity index (χ2n) is 6.36. The van der Waals surface area contributed by atoms with Gasteiger partial charge in [-0.05, 0) is 25.3 Å². The van der Waals surface area contributed by atoms with E-state index in [1.165, 1.54) is 38.9 Å². The highest BCUT2D eigenvalue weighted by molar-refractivity contribution is 4.98. The number of hydrogen-bond donors (Lipinski definition) is 0. The highest BCUT2D eigenvalue weighted by atomic mass is 16.5. The molecule has 0 amide bonds. The fourth-order valence-corrected chi connectivity index (χ4v) is 3.61. The molecule has 2 fully saturated rings. The van der Waals surface area contributed by atoms with Gasteiger partial charge in [-0.15, -0.1) is 0 Å². The van der Waals surface area contributed by atoms with E-state index in [9.17, 15) is 0 Å². The van der Waals surface area contributed by atoms with Gasteiger partial charge in [0.15, 0.2) is 5.76 Å². The molecule has 0 aliphatic carbocycles. The normalized spacial score (nSPS) is 29.6. The summed E-state index contributed by atoms with van der Waals surface area (Å²) in [7, 11) is 0. The first kappa shape index (κ1) is 13.1.